The van der Waals surface area contributed by atoms with Gasteiger partial charge in [-0.2, -0.15) is 0 Å². The highest BCUT2D eigenvalue weighted by Crippen LogP contribution is 2.34. The molecule has 1 nitrogen and oxygen atoms in total. The smallest absolute Gasteiger partial charge is 0.129 e. The van der Waals surface area contributed by atoms with Crippen LogP contribution in [0.25, 0.3) is 0 Å². The van der Waals surface area contributed by atoms with Gasteiger partial charge in [0.15, 0.2) is 0 Å². The van der Waals surface area contributed by atoms with E-state index in [2.05, 4.69) is 0 Å². The lowest BCUT2D eigenvalue weighted by Gasteiger charge is -2.21. The van der Waals surface area contributed by atoms with Gasteiger partial charge in [0.1, 0.15) is 5.82 Å². The second kappa shape index (κ2) is 5.44. The molecule has 1 atom stereocenters. The number of halogens is 1. The van der Waals surface area contributed by atoms with Crippen LogP contribution in [0.4, 0.5) is 4.39 Å². The molecule has 0 spiro atoms. The summed E-state index contributed by atoms with van der Waals surface area (Å²) in [6.45, 7) is 0. The van der Waals surface area contributed by atoms with Crippen molar-refractivity contribution < 1.29 is 9.50 Å². The lowest BCUT2D eigenvalue weighted by atomic mass is 9.89. The third-order valence-electron chi connectivity index (χ3n) is 3.57. The molecule has 16 heavy (non-hydrogen) atoms. The van der Waals surface area contributed by atoms with E-state index < -0.39 is 6.10 Å². The zero-order chi connectivity index (χ0) is 11.4. The minimum Gasteiger partial charge on any atom is -0.388 e. The van der Waals surface area contributed by atoms with Crippen molar-refractivity contribution in [1.29, 1.82) is 0 Å². The Morgan fingerprint density at radius 3 is 2.31 bits per heavy atom. The number of hydrogen-bond donors (Lipinski definition) is 1. The maximum atomic E-state index is 13.5. The summed E-state index contributed by atoms with van der Waals surface area (Å²) in [5, 5.41) is 10.2. The highest BCUT2D eigenvalue weighted by molar-refractivity contribution is 5.20. The van der Waals surface area contributed by atoms with Crippen LogP contribution in [0.5, 0.6) is 0 Å². The van der Waals surface area contributed by atoms with Gasteiger partial charge in [0.25, 0.3) is 0 Å². The van der Waals surface area contributed by atoms with Crippen molar-refractivity contribution in [2.24, 2.45) is 5.92 Å². The Morgan fingerprint density at radius 2 is 1.69 bits per heavy atom. The van der Waals surface area contributed by atoms with Crippen molar-refractivity contribution in [1.82, 2.24) is 0 Å². The largest absolute Gasteiger partial charge is 0.388 e. The first kappa shape index (κ1) is 11.6. The number of aliphatic hydroxyl groups excluding tert-OH is 1. The molecule has 1 aromatic rings. The van der Waals surface area contributed by atoms with Crippen LogP contribution in [0.15, 0.2) is 24.3 Å². The normalized spacial score (nSPS) is 20.4. The zero-order valence-corrected chi connectivity index (χ0v) is 9.53. The molecule has 1 aliphatic carbocycles. The van der Waals surface area contributed by atoms with E-state index in [1.54, 1.807) is 18.2 Å². The highest BCUT2D eigenvalue weighted by atomic mass is 19.1. The molecule has 1 saturated carbocycles. The third-order valence-corrected chi connectivity index (χ3v) is 3.57. The molecule has 0 bridgehead atoms. The summed E-state index contributed by atoms with van der Waals surface area (Å²) < 4.78 is 13.5. The summed E-state index contributed by atoms with van der Waals surface area (Å²) in [7, 11) is 0. The van der Waals surface area contributed by atoms with E-state index >= 15 is 0 Å². The molecule has 0 aliphatic heterocycles. The molecular weight excluding hydrogens is 203 g/mol. The predicted molar refractivity (Wildman–Crippen MR) is 62.6 cm³/mol. The molecule has 88 valence electrons. The Balaban J connectivity index is 2.11. The Morgan fingerprint density at radius 1 is 1.06 bits per heavy atom. The molecule has 0 radical (unpaired) electrons. The van der Waals surface area contributed by atoms with Crippen LogP contribution >= 0.6 is 0 Å². The van der Waals surface area contributed by atoms with Crippen molar-refractivity contribution in [3.8, 4) is 0 Å². The lowest BCUT2D eigenvalue weighted by Crippen LogP contribution is -2.13. The second-order valence-electron chi connectivity index (χ2n) is 4.72. The molecule has 2 rings (SSSR count). The maximum Gasteiger partial charge on any atom is 0.129 e. The summed E-state index contributed by atoms with van der Waals surface area (Å²) >= 11 is 0. The number of rotatable bonds is 2. The summed E-state index contributed by atoms with van der Waals surface area (Å²) in [6, 6.07) is 6.58. The van der Waals surface area contributed by atoms with Crippen LogP contribution in [0.3, 0.4) is 0 Å². The van der Waals surface area contributed by atoms with Crippen LogP contribution in [0, 0.1) is 11.7 Å². The Bertz CT molecular complexity index is 329. The molecule has 1 aromatic carbocycles. The first-order valence-corrected chi connectivity index (χ1v) is 6.21. The van der Waals surface area contributed by atoms with Crippen molar-refractivity contribution in [3.05, 3.63) is 35.6 Å². The van der Waals surface area contributed by atoms with E-state index in [0.29, 0.717) is 5.56 Å². The summed E-state index contributed by atoms with van der Waals surface area (Å²) in [6.07, 6.45) is 6.25. The van der Waals surface area contributed by atoms with Crippen LogP contribution in [0.1, 0.15) is 50.2 Å². The molecule has 0 aromatic heterocycles. The standard InChI is InChI=1S/C14H19FO/c15-13-10-6-5-9-12(13)14(16)11-7-3-1-2-4-8-11/h5-6,9-11,14,16H,1-4,7-8H2/t14-/m0/s1. The Kier molecular flexibility index (Phi) is 3.94. The van der Waals surface area contributed by atoms with Crippen LogP contribution in [-0.2, 0) is 0 Å². The topological polar surface area (TPSA) is 20.2 Å². The molecule has 1 N–H and O–H groups in total. The summed E-state index contributed by atoms with van der Waals surface area (Å²) in [5.74, 6) is -0.0429. The van der Waals surface area contributed by atoms with Gasteiger partial charge in [0.05, 0.1) is 6.10 Å². The average Bonchev–Trinajstić information content (AvgIpc) is 2.57. The van der Waals surface area contributed by atoms with Gasteiger partial charge < -0.3 is 5.11 Å². The minimum absolute atomic E-state index is 0.236. The second-order valence-corrected chi connectivity index (χ2v) is 4.72. The van der Waals surface area contributed by atoms with Gasteiger partial charge in [-0.1, -0.05) is 43.9 Å². The van der Waals surface area contributed by atoms with Crippen LogP contribution < -0.4 is 0 Å². The number of hydrogen-bond acceptors (Lipinski definition) is 1. The first-order valence-electron chi connectivity index (χ1n) is 6.21. The van der Waals surface area contributed by atoms with Crippen LogP contribution in [0.2, 0.25) is 0 Å². The van der Waals surface area contributed by atoms with E-state index in [1.807, 2.05) is 0 Å². The third kappa shape index (κ3) is 2.62. The lowest BCUT2D eigenvalue weighted by molar-refractivity contribution is 0.0952. The Hall–Kier alpha value is -0.890. The van der Waals surface area contributed by atoms with Crippen molar-refractivity contribution in [3.63, 3.8) is 0 Å². The fourth-order valence-electron chi connectivity index (χ4n) is 2.60. The predicted octanol–water partition coefficient (Wildman–Crippen LogP) is 3.83. The average molecular weight is 222 g/mol. The molecular formula is C14H19FO. The fraction of sp³-hybridized carbons (Fsp3) is 0.571. The Labute approximate surface area is 96.3 Å². The quantitative estimate of drug-likeness (QED) is 0.754. The molecule has 2 heteroatoms. The number of benzene rings is 1. The highest BCUT2D eigenvalue weighted by Gasteiger charge is 2.23. The van der Waals surface area contributed by atoms with Gasteiger partial charge in [0.2, 0.25) is 0 Å². The number of aliphatic hydroxyl groups is 1. The van der Waals surface area contributed by atoms with Crippen LogP contribution in [-0.4, -0.2) is 5.11 Å². The van der Waals surface area contributed by atoms with Gasteiger partial charge in [-0.3, -0.25) is 0 Å². The summed E-state index contributed by atoms with van der Waals surface area (Å²) in [5.41, 5.74) is 0.467. The van der Waals surface area contributed by atoms with Gasteiger partial charge in [-0.05, 0) is 24.8 Å². The fourth-order valence-corrected chi connectivity index (χ4v) is 2.60. The molecule has 0 amide bonds. The monoisotopic (exact) mass is 222 g/mol. The van der Waals surface area contributed by atoms with E-state index in [4.69, 9.17) is 0 Å². The van der Waals surface area contributed by atoms with Crippen molar-refractivity contribution >= 4 is 0 Å². The van der Waals surface area contributed by atoms with Gasteiger partial charge in [0, 0.05) is 5.56 Å². The SMILES string of the molecule is O[C@H](c1ccccc1F)C1CCCCCC1. The van der Waals surface area contributed by atoms with Crippen molar-refractivity contribution in [2.45, 2.75) is 44.6 Å². The summed E-state index contributed by atoms with van der Waals surface area (Å²) in [4.78, 5) is 0. The van der Waals surface area contributed by atoms with Gasteiger partial charge in [-0.25, -0.2) is 4.39 Å². The minimum atomic E-state index is -0.626. The molecule has 0 unspecified atom stereocenters. The van der Waals surface area contributed by atoms with Gasteiger partial charge in [-0.15, -0.1) is 0 Å². The molecule has 1 fully saturated rings. The van der Waals surface area contributed by atoms with E-state index in [0.717, 1.165) is 25.7 Å². The van der Waals surface area contributed by atoms with E-state index in [9.17, 15) is 9.50 Å². The molecule has 1 aliphatic rings. The van der Waals surface area contributed by atoms with Crippen molar-refractivity contribution in [2.75, 3.05) is 0 Å². The maximum absolute atomic E-state index is 13.5. The van der Waals surface area contributed by atoms with E-state index in [1.165, 1.54) is 18.9 Å². The zero-order valence-electron chi connectivity index (χ0n) is 9.53. The van der Waals surface area contributed by atoms with Gasteiger partial charge >= 0.3 is 0 Å². The molecule has 0 saturated heterocycles. The van der Waals surface area contributed by atoms with E-state index in [-0.39, 0.29) is 11.7 Å². The first-order chi connectivity index (χ1) is 7.79. The molecule has 0 heterocycles.